The number of halogens is 3. The van der Waals surface area contributed by atoms with Crippen molar-refractivity contribution in [3.8, 4) is 0 Å². The summed E-state index contributed by atoms with van der Waals surface area (Å²) in [6.45, 7) is 4.04. The predicted octanol–water partition coefficient (Wildman–Crippen LogP) is 2.77. The van der Waals surface area contributed by atoms with Gasteiger partial charge in [0, 0.05) is 25.1 Å². The van der Waals surface area contributed by atoms with E-state index in [1.807, 2.05) is 0 Å². The van der Waals surface area contributed by atoms with Gasteiger partial charge in [-0.05, 0) is 37.1 Å². The lowest BCUT2D eigenvalue weighted by Gasteiger charge is -2.33. The summed E-state index contributed by atoms with van der Waals surface area (Å²) in [5, 5.41) is 6.15. The maximum absolute atomic E-state index is 13.5. The van der Waals surface area contributed by atoms with Crippen molar-refractivity contribution in [3.63, 3.8) is 0 Å². The molecule has 0 aliphatic carbocycles. The summed E-state index contributed by atoms with van der Waals surface area (Å²) in [6.07, 6.45) is 2.70. The molecule has 1 aliphatic rings. The zero-order chi connectivity index (χ0) is 16.7. The number of carbonyl (C=O) groups is 1. The van der Waals surface area contributed by atoms with Crippen LogP contribution in [0.3, 0.4) is 0 Å². The summed E-state index contributed by atoms with van der Waals surface area (Å²) in [5.74, 6) is -1.92. The molecule has 0 spiro atoms. The van der Waals surface area contributed by atoms with E-state index in [4.69, 9.17) is 4.74 Å². The van der Waals surface area contributed by atoms with Gasteiger partial charge in [-0.3, -0.25) is 4.79 Å². The number of benzene rings is 1. The van der Waals surface area contributed by atoms with Gasteiger partial charge in [0.05, 0.1) is 0 Å². The molecule has 24 heavy (non-hydrogen) atoms. The van der Waals surface area contributed by atoms with Gasteiger partial charge in [0.1, 0.15) is 6.61 Å². The Morgan fingerprint density at radius 3 is 2.88 bits per heavy atom. The average molecular weight is 363 g/mol. The molecule has 2 N–H and O–H groups in total. The van der Waals surface area contributed by atoms with E-state index in [0.29, 0.717) is 18.7 Å². The van der Waals surface area contributed by atoms with Crippen LogP contribution in [-0.2, 0) is 9.53 Å². The molecular formula is C17H25ClF2N2O2. The second-order valence-corrected chi connectivity index (χ2v) is 5.85. The molecule has 7 heteroatoms. The quantitative estimate of drug-likeness (QED) is 0.733. The lowest BCUT2D eigenvalue weighted by atomic mass is 9.86. The topological polar surface area (TPSA) is 50.4 Å². The highest BCUT2D eigenvalue weighted by atomic mass is 35.5. The van der Waals surface area contributed by atoms with Crippen LogP contribution in [0.15, 0.2) is 18.2 Å². The molecule has 1 amide bonds. The van der Waals surface area contributed by atoms with E-state index in [1.165, 1.54) is 6.07 Å². The molecule has 1 saturated heterocycles. The molecule has 0 aromatic heterocycles. The van der Waals surface area contributed by atoms with E-state index in [1.54, 1.807) is 6.07 Å². The van der Waals surface area contributed by atoms with Gasteiger partial charge in [-0.1, -0.05) is 19.4 Å². The van der Waals surface area contributed by atoms with Crippen molar-refractivity contribution in [3.05, 3.63) is 35.4 Å². The third-order valence-corrected chi connectivity index (χ3v) is 4.08. The summed E-state index contributed by atoms with van der Waals surface area (Å²) >= 11 is 0. The number of carbonyl (C=O) groups excluding carboxylic acids is 1. The van der Waals surface area contributed by atoms with Crippen molar-refractivity contribution < 1.29 is 18.3 Å². The van der Waals surface area contributed by atoms with Gasteiger partial charge in [0.25, 0.3) is 0 Å². The largest absolute Gasteiger partial charge is 0.372 e. The minimum atomic E-state index is -0.854. The SMILES string of the molecule is CCCCOCC(=O)NC1CNCCC1c1ccc(F)c(F)c1.Cl. The number of unbranched alkanes of at least 4 members (excludes halogenated alkanes) is 1. The van der Waals surface area contributed by atoms with E-state index in [-0.39, 0.29) is 36.9 Å². The molecule has 0 bridgehead atoms. The minimum absolute atomic E-state index is 0. The van der Waals surface area contributed by atoms with Crippen LogP contribution in [0.2, 0.25) is 0 Å². The Balaban J connectivity index is 0.00000288. The van der Waals surface area contributed by atoms with E-state index in [0.717, 1.165) is 31.9 Å². The van der Waals surface area contributed by atoms with E-state index in [2.05, 4.69) is 17.6 Å². The van der Waals surface area contributed by atoms with Crippen LogP contribution in [0.25, 0.3) is 0 Å². The van der Waals surface area contributed by atoms with Crippen molar-refractivity contribution in [2.45, 2.75) is 38.1 Å². The van der Waals surface area contributed by atoms with Crippen molar-refractivity contribution in [1.29, 1.82) is 0 Å². The monoisotopic (exact) mass is 362 g/mol. The lowest BCUT2D eigenvalue weighted by molar-refractivity contribution is -0.126. The number of piperidine rings is 1. The Morgan fingerprint density at radius 2 is 2.17 bits per heavy atom. The van der Waals surface area contributed by atoms with Crippen molar-refractivity contribution in [1.82, 2.24) is 10.6 Å². The Labute approximate surface area is 147 Å². The zero-order valence-electron chi connectivity index (χ0n) is 13.8. The normalized spacial score (nSPS) is 20.3. The van der Waals surface area contributed by atoms with Crippen molar-refractivity contribution >= 4 is 18.3 Å². The molecule has 2 atom stereocenters. The molecule has 1 aromatic carbocycles. The second kappa shape index (κ2) is 10.6. The summed E-state index contributed by atoms with van der Waals surface area (Å²) in [4.78, 5) is 12.0. The standard InChI is InChI=1S/C17H24F2N2O2.ClH/c1-2-3-8-23-11-17(22)21-16-10-20-7-6-13(16)12-4-5-14(18)15(19)9-12;/h4-5,9,13,16,20H,2-3,6-8,10-11H2,1H3,(H,21,22);1H. The number of ether oxygens (including phenoxy) is 1. The first kappa shape index (κ1) is 20.8. The summed E-state index contributed by atoms with van der Waals surface area (Å²) < 4.78 is 31.9. The lowest BCUT2D eigenvalue weighted by Crippen LogP contribution is -2.50. The van der Waals surface area contributed by atoms with Gasteiger partial charge in [-0.2, -0.15) is 0 Å². The molecule has 4 nitrogen and oxygen atoms in total. The van der Waals surface area contributed by atoms with Crippen LogP contribution < -0.4 is 10.6 Å². The molecule has 2 unspecified atom stereocenters. The molecule has 136 valence electrons. The summed E-state index contributed by atoms with van der Waals surface area (Å²) in [6, 6.07) is 3.79. The summed E-state index contributed by atoms with van der Waals surface area (Å²) in [7, 11) is 0. The van der Waals surface area contributed by atoms with Gasteiger partial charge < -0.3 is 15.4 Å². The van der Waals surface area contributed by atoms with Gasteiger partial charge in [-0.15, -0.1) is 12.4 Å². The fourth-order valence-corrected chi connectivity index (χ4v) is 2.81. The van der Waals surface area contributed by atoms with Crippen LogP contribution in [0, 0.1) is 11.6 Å². The Hall–Kier alpha value is -1.24. The molecule has 1 fully saturated rings. The fraction of sp³-hybridized carbons (Fsp3) is 0.588. The molecular weight excluding hydrogens is 338 g/mol. The number of hydrogen-bond donors (Lipinski definition) is 2. The average Bonchev–Trinajstić information content (AvgIpc) is 2.55. The van der Waals surface area contributed by atoms with E-state index in [9.17, 15) is 13.6 Å². The zero-order valence-corrected chi connectivity index (χ0v) is 14.6. The molecule has 1 aromatic rings. The van der Waals surface area contributed by atoms with Gasteiger partial charge in [0.2, 0.25) is 5.91 Å². The highest BCUT2D eigenvalue weighted by Gasteiger charge is 2.28. The van der Waals surface area contributed by atoms with Crippen LogP contribution in [0.5, 0.6) is 0 Å². The fourth-order valence-electron chi connectivity index (χ4n) is 2.81. The Morgan fingerprint density at radius 1 is 1.38 bits per heavy atom. The van der Waals surface area contributed by atoms with Crippen LogP contribution in [0.1, 0.15) is 37.7 Å². The highest BCUT2D eigenvalue weighted by Crippen LogP contribution is 2.26. The van der Waals surface area contributed by atoms with Crippen LogP contribution in [-0.4, -0.2) is 38.3 Å². The maximum atomic E-state index is 13.5. The predicted molar refractivity (Wildman–Crippen MR) is 91.5 cm³/mol. The molecule has 1 aliphatic heterocycles. The number of hydrogen-bond acceptors (Lipinski definition) is 3. The molecule has 0 saturated carbocycles. The number of nitrogens with one attached hydrogen (secondary N) is 2. The highest BCUT2D eigenvalue weighted by molar-refractivity contribution is 5.85. The third kappa shape index (κ3) is 6.00. The Bertz CT molecular complexity index is 531. The third-order valence-electron chi connectivity index (χ3n) is 4.08. The number of rotatable bonds is 7. The minimum Gasteiger partial charge on any atom is -0.372 e. The van der Waals surface area contributed by atoms with E-state index < -0.39 is 11.6 Å². The van der Waals surface area contributed by atoms with Crippen LogP contribution in [0.4, 0.5) is 8.78 Å². The Kier molecular flexibility index (Phi) is 9.18. The second-order valence-electron chi connectivity index (χ2n) is 5.85. The molecule has 2 rings (SSSR count). The molecule has 1 heterocycles. The van der Waals surface area contributed by atoms with Crippen LogP contribution >= 0.6 is 12.4 Å². The molecule has 0 radical (unpaired) electrons. The van der Waals surface area contributed by atoms with Crippen molar-refractivity contribution in [2.75, 3.05) is 26.3 Å². The van der Waals surface area contributed by atoms with E-state index >= 15 is 0 Å². The first-order valence-corrected chi connectivity index (χ1v) is 8.14. The van der Waals surface area contributed by atoms with Gasteiger partial charge >= 0.3 is 0 Å². The van der Waals surface area contributed by atoms with Gasteiger partial charge in [0.15, 0.2) is 11.6 Å². The summed E-state index contributed by atoms with van der Waals surface area (Å²) in [5.41, 5.74) is 0.711. The first-order valence-electron chi connectivity index (χ1n) is 8.14. The first-order chi connectivity index (χ1) is 11.1. The number of amides is 1. The van der Waals surface area contributed by atoms with Crippen molar-refractivity contribution in [2.24, 2.45) is 0 Å². The maximum Gasteiger partial charge on any atom is 0.246 e. The van der Waals surface area contributed by atoms with Gasteiger partial charge in [-0.25, -0.2) is 8.78 Å². The smallest absolute Gasteiger partial charge is 0.246 e.